The van der Waals surface area contributed by atoms with Gasteiger partial charge in [-0.3, -0.25) is 0 Å². The average Bonchev–Trinajstić information content (AvgIpc) is 2.25. The number of allylic oxidation sites excluding steroid dienone is 2. The zero-order valence-electron chi connectivity index (χ0n) is 9.21. The number of sulfonamides is 1. The van der Waals surface area contributed by atoms with E-state index in [1.807, 2.05) is 13.8 Å². The van der Waals surface area contributed by atoms with Gasteiger partial charge in [-0.2, -0.15) is 13.5 Å². The van der Waals surface area contributed by atoms with Crippen LogP contribution in [0.1, 0.15) is 12.5 Å². The quantitative estimate of drug-likeness (QED) is 0.642. The average molecular weight is 238 g/mol. The van der Waals surface area contributed by atoms with E-state index in [1.165, 1.54) is 6.21 Å². The first-order valence-corrected chi connectivity index (χ1v) is 6.27. The van der Waals surface area contributed by atoms with E-state index in [0.29, 0.717) is 0 Å². The Bertz CT molecular complexity index is 487. The molecule has 0 saturated carbocycles. The summed E-state index contributed by atoms with van der Waals surface area (Å²) in [6, 6.07) is 6.57. The first-order chi connectivity index (χ1) is 7.56. The third kappa shape index (κ3) is 3.51. The smallest absolute Gasteiger partial charge is 0.200 e. The first kappa shape index (κ1) is 12.4. The summed E-state index contributed by atoms with van der Waals surface area (Å²) in [5.74, 6) is 0. The van der Waals surface area contributed by atoms with Crippen LogP contribution in [0.2, 0.25) is 0 Å². The maximum absolute atomic E-state index is 11.7. The molecule has 0 spiro atoms. The molecule has 0 aromatic heterocycles. The summed E-state index contributed by atoms with van der Waals surface area (Å²) in [4.78, 5) is 2.32. The molecule has 0 fully saturated rings. The summed E-state index contributed by atoms with van der Waals surface area (Å²) < 4.78 is 23.3. The van der Waals surface area contributed by atoms with Crippen LogP contribution in [0.3, 0.4) is 0 Å². The van der Waals surface area contributed by atoms with E-state index in [9.17, 15) is 8.42 Å². The summed E-state index contributed by atoms with van der Waals surface area (Å²) in [6.07, 6.45) is 4.77. The lowest BCUT2D eigenvalue weighted by atomic mass is 10.2. The minimum absolute atomic E-state index is 0.204. The van der Waals surface area contributed by atoms with E-state index in [1.54, 1.807) is 36.4 Å². The van der Waals surface area contributed by atoms with Crippen LogP contribution in [0.25, 0.3) is 0 Å². The Kier molecular flexibility index (Phi) is 4.25. The van der Waals surface area contributed by atoms with Gasteiger partial charge in [-0.25, -0.2) is 4.83 Å². The lowest BCUT2D eigenvalue weighted by Crippen LogP contribution is -2.17. The molecule has 1 rings (SSSR count). The van der Waals surface area contributed by atoms with Crippen molar-refractivity contribution in [1.29, 1.82) is 0 Å². The van der Waals surface area contributed by atoms with Crippen molar-refractivity contribution in [2.24, 2.45) is 5.10 Å². The Labute approximate surface area is 95.7 Å². The molecule has 0 unspecified atom stereocenters. The van der Waals surface area contributed by atoms with Crippen molar-refractivity contribution in [3.05, 3.63) is 42.0 Å². The zero-order valence-corrected chi connectivity index (χ0v) is 10.0. The number of hydrazone groups is 1. The predicted molar refractivity (Wildman–Crippen MR) is 64.8 cm³/mol. The number of rotatable bonds is 4. The van der Waals surface area contributed by atoms with Crippen molar-refractivity contribution in [3.63, 3.8) is 0 Å². The number of hydrogen-bond donors (Lipinski definition) is 1. The van der Waals surface area contributed by atoms with Gasteiger partial charge in [0.15, 0.2) is 0 Å². The monoisotopic (exact) mass is 238 g/mol. The first-order valence-electron chi connectivity index (χ1n) is 4.79. The Balaban J connectivity index is 2.82. The van der Waals surface area contributed by atoms with E-state index >= 15 is 0 Å². The number of aryl methyl sites for hydroxylation is 1. The minimum Gasteiger partial charge on any atom is -0.200 e. The van der Waals surface area contributed by atoms with Crippen LogP contribution >= 0.6 is 0 Å². The van der Waals surface area contributed by atoms with Crippen molar-refractivity contribution in [2.45, 2.75) is 18.7 Å². The van der Waals surface area contributed by atoms with Crippen LogP contribution in [0, 0.1) is 6.92 Å². The van der Waals surface area contributed by atoms with Gasteiger partial charge in [0.05, 0.1) is 4.90 Å². The highest BCUT2D eigenvalue weighted by molar-refractivity contribution is 7.89. The fraction of sp³-hybridized carbons (Fsp3) is 0.182. The molecule has 86 valence electrons. The lowest BCUT2D eigenvalue weighted by molar-refractivity contribution is 0.584. The number of benzene rings is 1. The van der Waals surface area contributed by atoms with Gasteiger partial charge in [0.25, 0.3) is 10.0 Å². The summed E-state index contributed by atoms with van der Waals surface area (Å²) in [6.45, 7) is 3.72. The second-order valence-corrected chi connectivity index (χ2v) is 4.87. The second kappa shape index (κ2) is 5.46. The molecule has 0 atom stereocenters. The Morgan fingerprint density at radius 3 is 2.44 bits per heavy atom. The fourth-order valence-electron chi connectivity index (χ4n) is 0.999. The van der Waals surface area contributed by atoms with Crippen LogP contribution in [0.5, 0.6) is 0 Å². The lowest BCUT2D eigenvalue weighted by Gasteiger charge is -2.02. The standard InChI is InChI=1S/C11H14N2O2S/c1-3-4-9-12-13-16(14,15)11-7-5-10(2)6-8-11/h3-9,13H,1-2H3. The van der Waals surface area contributed by atoms with Crippen LogP contribution in [-0.2, 0) is 10.0 Å². The van der Waals surface area contributed by atoms with Crippen LogP contribution in [0.4, 0.5) is 0 Å². The van der Waals surface area contributed by atoms with E-state index in [4.69, 9.17) is 0 Å². The second-order valence-electron chi connectivity index (χ2n) is 3.21. The normalized spacial score (nSPS) is 12.4. The highest BCUT2D eigenvalue weighted by Crippen LogP contribution is 2.09. The van der Waals surface area contributed by atoms with E-state index in [-0.39, 0.29) is 4.90 Å². The SMILES string of the molecule is CC=CC=NNS(=O)(=O)c1ccc(C)cc1. The van der Waals surface area contributed by atoms with Gasteiger partial charge in [-0.1, -0.05) is 23.8 Å². The summed E-state index contributed by atoms with van der Waals surface area (Å²) in [5.41, 5.74) is 1.01. The maximum Gasteiger partial charge on any atom is 0.276 e. The molecular weight excluding hydrogens is 224 g/mol. The molecule has 0 bridgehead atoms. The molecule has 0 amide bonds. The summed E-state index contributed by atoms with van der Waals surface area (Å²) in [7, 11) is -3.54. The molecule has 0 heterocycles. The van der Waals surface area contributed by atoms with Gasteiger partial charge >= 0.3 is 0 Å². The van der Waals surface area contributed by atoms with Crippen molar-refractivity contribution < 1.29 is 8.42 Å². The van der Waals surface area contributed by atoms with Gasteiger partial charge in [0, 0.05) is 6.21 Å². The maximum atomic E-state index is 11.7. The topological polar surface area (TPSA) is 58.5 Å². The van der Waals surface area contributed by atoms with Gasteiger partial charge < -0.3 is 0 Å². The molecule has 0 aliphatic rings. The molecule has 0 aliphatic heterocycles. The minimum atomic E-state index is -3.54. The number of nitrogens with one attached hydrogen (secondary N) is 1. The van der Waals surface area contributed by atoms with Crippen molar-refractivity contribution in [3.8, 4) is 0 Å². The highest BCUT2D eigenvalue weighted by atomic mass is 32.2. The van der Waals surface area contributed by atoms with Crippen molar-refractivity contribution in [2.75, 3.05) is 0 Å². The van der Waals surface area contributed by atoms with Crippen LogP contribution < -0.4 is 4.83 Å². The van der Waals surface area contributed by atoms with E-state index < -0.39 is 10.0 Å². The van der Waals surface area contributed by atoms with E-state index in [0.717, 1.165) is 5.56 Å². The molecule has 1 aromatic carbocycles. The largest absolute Gasteiger partial charge is 0.276 e. The molecule has 5 heteroatoms. The zero-order chi connectivity index (χ0) is 12.0. The molecule has 4 nitrogen and oxygen atoms in total. The van der Waals surface area contributed by atoms with Crippen molar-refractivity contribution >= 4 is 16.2 Å². The van der Waals surface area contributed by atoms with Crippen molar-refractivity contribution in [1.82, 2.24) is 4.83 Å². The molecule has 1 N–H and O–H groups in total. The van der Waals surface area contributed by atoms with Gasteiger partial charge in [0.1, 0.15) is 0 Å². The van der Waals surface area contributed by atoms with Crippen LogP contribution in [-0.4, -0.2) is 14.6 Å². The molecule has 0 radical (unpaired) electrons. The predicted octanol–water partition coefficient (Wildman–Crippen LogP) is 1.84. The Morgan fingerprint density at radius 1 is 1.25 bits per heavy atom. The number of hydrogen-bond acceptors (Lipinski definition) is 3. The van der Waals surface area contributed by atoms with Gasteiger partial charge in [-0.05, 0) is 32.1 Å². The summed E-state index contributed by atoms with van der Waals surface area (Å²) in [5, 5.41) is 3.58. The van der Waals surface area contributed by atoms with Crippen LogP contribution in [0.15, 0.2) is 46.4 Å². The van der Waals surface area contributed by atoms with Gasteiger partial charge in [0.2, 0.25) is 0 Å². The fourth-order valence-corrected chi connectivity index (χ4v) is 1.80. The highest BCUT2D eigenvalue weighted by Gasteiger charge is 2.11. The molecule has 1 aromatic rings. The number of nitrogens with zero attached hydrogens (tertiary/aromatic N) is 1. The third-order valence-electron chi connectivity index (χ3n) is 1.86. The molecular formula is C11H14N2O2S. The molecule has 16 heavy (non-hydrogen) atoms. The molecule has 0 saturated heterocycles. The molecule has 0 aliphatic carbocycles. The Morgan fingerprint density at radius 2 is 1.88 bits per heavy atom. The van der Waals surface area contributed by atoms with E-state index in [2.05, 4.69) is 9.93 Å². The van der Waals surface area contributed by atoms with Gasteiger partial charge in [-0.15, -0.1) is 0 Å². The third-order valence-corrected chi connectivity index (χ3v) is 3.10. The Hall–Kier alpha value is -1.62. The summed E-state index contributed by atoms with van der Waals surface area (Å²) >= 11 is 0.